The largest absolute Gasteiger partial charge is 0.352 e. The number of carbonyl (C=O) groups excluding carboxylic acids is 2. The number of carbonyl (C=O) groups is 2. The van der Waals surface area contributed by atoms with Crippen LogP contribution in [0.4, 0.5) is 0 Å². The van der Waals surface area contributed by atoms with Crippen LogP contribution >= 0.6 is 0 Å². The number of benzene rings is 1. The number of piperazine rings is 1. The molecule has 0 aromatic heterocycles. The van der Waals surface area contributed by atoms with Crippen LogP contribution < -0.4 is 16.0 Å². The molecule has 2 rings (SSSR count). The predicted octanol–water partition coefficient (Wildman–Crippen LogP) is 0.984. The van der Waals surface area contributed by atoms with E-state index in [4.69, 9.17) is 0 Å². The molecule has 6 heteroatoms. The Kier molecular flexibility index (Phi) is 6.96. The summed E-state index contributed by atoms with van der Waals surface area (Å²) in [6.07, 6.45) is 0. The molecule has 1 aliphatic heterocycles. The zero-order chi connectivity index (χ0) is 18.3. The summed E-state index contributed by atoms with van der Waals surface area (Å²) < 4.78 is 0. The van der Waals surface area contributed by atoms with Crippen LogP contribution in [0.15, 0.2) is 24.3 Å². The van der Waals surface area contributed by atoms with Crippen LogP contribution in [0.2, 0.25) is 0 Å². The molecule has 1 heterocycles. The molecule has 0 radical (unpaired) electrons. The average Bonchev–Trinajstić information content (AvgIpc) is 2.60. The van der Waals surface area contributed by atoms with Crippen molar-refractivity contribution in [1.82, 2.24) is 20.9 Å². The van der Waals surface area contributed by atoms with E-state index < -0.39 is 5.41 Å². The number of hydrogen-bond acceptors (Lipinski definition) is 4. The third kappa shape index (κ3) is 6.48. The minimum atomic E-state index is -0.399. The molecule has 0 aliphatic carbocycles. The first-order valence-corrected chi connectivity index (χ1v) is 8.95. The summed E-state index contributed by atoms with van der Waals surface area (Å²) in [5.41, 5.74) is 1.23. The second-order valence-corrected chi connectivity index (χ2v) is 7.48. The summed E-state index contributed by atoms with van der Waals surface area (Å²) in [4.78, 5) is 26.4. The first kappa shape index (κ1) is 19.4. The summed E-state index contributed by atoms with van der Waals surface area (Å²) in [6.45, 7) is 11.8. The lowest BCUT2D eigenvalue weighted by molar-refractivity contribution is -0.128. The van der Waals surface area contributed by atoms with Gasteiger partial charge < -0.3 is 16.0 Å². The first-order valence-electron chi connectivity index (χ1n) is 8.95. The molecule has 0 spiro atoms. The molecule has 1 fully saturated rings. The van der Waals surface area contributed by atoms with Crippen LogP contribution in [-0.4, -0.2) is 56.0 Å². The van der Waals surface area contributed by atoms with Gasteiger partial charge in [0.15, 0.2) is 0 Å². The SMILES string of the molecule is CC(C)(C)C(=O)NCc1ccc(C(=O)NCCN2CCNCC2)cc1. The van der Waals surface area contributed by atoms with Crippen LogP contribution in [0, 0.1) is 5.41 Å². The van der Waals surface area contributed by atoms with Crippen LogP contribution in [0.5, 0.6) is 0 Å². The molecule has 0 atom stereocenters. The lowest BCUT2D eigenvalue weighted by atomic mass is 9.95. The van der Waals surface area contributed by atoms with Crippen LogP contribution in [-0.2, 0) is 11.3 Å². The first-order chi connectivity index (χ1) is 11.9. The highest BCUT2D eigenvalue weighted by Gasteiger charge is 2.20. The number of hydrogen-bond donors (Lipinski definition) is 3. The second-order valence-electron chi connectivity index (χ2n) is 7.48. The molecule has 2 amide bonds. The van der Waals surface area contributed by atoms with Gasteiger partial charge in [-0.3, -0.25) is 14.5 Å². The number of rotatable bonds is 6. The molecule has 1 aromatic carbocycles. The van der Waals surface area contributed by atoms with E-state index in [0.717, 1.165) is 38.3 Å². The van der Waals surface area contributed by atoms with E-state index in [9.17, 15) is 9.59 Å². The summed E-state index contributed by atoms with van der Waals surface area (Å²) in [5.74, 6) is -0.0392. The lowest BCUT2D eigenvalue weighted by Crippen LogP contribution is -2.46. The summed E-state index contributed by atoms with van der Waals surface area (Å²) in [7, 11) is 0. The topological polar surface area (TPSA) is 73.5 Å². The molecule has 1 saturated heterocycles. The van der Waals surface area contributed by atoms with Crippen molar-refractivity contribution in [1.29, 1.82) is 0 Å². The Balaban J connectivity index is 1.74. The van der Waals surface area contributed by atoms with Gasteiger partial charge in [0.1, 0.15) is 0 Å². The molecule has 138 valence electrons. The summed E-state index contributed by atoms with van der Waals surface area (Å²) in [6, 6.07) is 7.37. The minimum Gasteiger partial charge on any atom is -0.352 e. The normalized spacial score (nSPS) is 15.6. The fraction of sp³-hybridized carbons (Fsp3) is 0.579. The zero-order valence-corrected chi connectivity index (χ0v) is 15.5. The van der Waals surface area contributed by atoms with Crippen molar-refractivity contribution in [2.24, 2.45) is 5.41 Å². The molecule has 6 nitrogen and oxygen atoms in total. The molecular formula is C19H30N4O2. The molecule has 0 unspecified atom stereocenters. The van der Waals surface area contributed by atoms with Gasteiger partial charge in [0.05, 0.1) is 0 Å². The quantitative estimate of drug-likeness (QED) is 0.718. The molecule has 3 N–H and O–H groups in total. The fourth-order valence-corrected chi connectivity index (χ4v) is 2.59. The Labute approximate surface area is 150 Å². The van der Waals surface area contributed by atoms with Crippen molar-refractivity contribution in [2.75, 3.05) is 39.3 Å². The van der Waals surface area contributed by atoms with Gasteiger partial charge in [-0.15, -0.1) is 0 Å². The predicted molar refractivity (Wildman–Crippen MR) is 99.4 cm³/mol. The van der Waals surface area contributed by atoms with Gasteiger partial charge in [0.25, 0.3) is 5.91 Å². The van der Waals surface area contributed by atoms with Crippen molar-refractivity contribution in [3.63, 3.8) is 0 Å². The number of nitrogens with zero attached hydrogens (tertiary/aromatic N) is 1. The van der Waals surface area contributed by atoms with E-state index in [1.807, 2.05) is 32.9 Å². The highest BCUT2D eigenvalue weighted by molar-refractivity contribution is 5.94. The maximum atomic E-state index is 12.2. The van der Waals surface area contributed by atoms with Gasteiger partial charge in [-0.25, -0.2) is 0 Å². The summed E-state index contributed by atoms with van der Waals surface area (Å²) >= 11 is 0. The molecule has 1 aliphatic rings. The van der Waals surface area contributed by atoms with E-state index in [-0.39, 0.29) is 11.8 Å². The second kappa shape index (κ2) is 8.97. The van der Waals surface area contributed by atoms with Crippen molar-refractivity contribution in [3.8, 4) is 0 Å². The summed E-state index contributed by atoms with van der Waals surface area (Å²) in [5, 5.41) is 9.19. The van der Waals surface area contributed by atoms with Gasteiger partial charge in [0.2, 0.25) is 5.91 Å². The minimum absolute atomic E-state index is 0.0160. The monoisotopic (exact) mass is 346 g/mol. The Morgan fingerprint density at radius 1 is 1.08 bits per heavy atom. The maximum Gasteiger partial charge on any atom is 0.251 e. The third-order valence-electron chi connectivity index (χ3n) is 4.27. The smallest absolute Gasteiger partial charge is 0.251 e. The Morgan fingerprint density at radius 2 is 1.72 bits per heavy atom. The van der Waals surface area contributed by atoms with Crippen molar-refractivity contribution >= 4 is 11.8 Å². The fourth-order valence-electron chi connectivity index (χ4n) is 2.59. The van der Waals surface area contributed by atoms with E-state index in [1.165, 1.54) is 0 Å². The van der Waals surface area contributed by atoms with Gasteiger partial charge in [-0.1, -0.05) is 32.9 Å². The Morgan fingerprint density at radius 3 is 2.32 bits per heavy atom. The molecule has 1 aromatic rings. The molecular weight excluding hydrogens is 316 g/mol. The standard InChI is InChI=1S/C19H30N4O2/c1-19(2,3)18(25)22-14-15-4-6-16(7-5-15)17(24)21-10-13-23-11-8-20-9-12-23/h4-7,20H,8-14H2,1-3H3,(H,21,24)(H,22,25). The maximum absolute atomic E-state index is 12.2. The Bertz CT molecular complexity index is 572. The Hall–Kier alpha value is -1.92. The highest BCUT2D eigenvalue weighted by atomic mass is 16.2. The molecule has 25 heavy (non-hydrogen) atoms. The van der Waals surface area contributed by atoms with E-state index in [0.29, 0.717) is 18.7 Å². The molecule has 0 saturated carbocycles. The van der Waals surface area contributed by atoms with Crippen LogP contribution in [0.25, 0.3) is 0 Å². The third-order valence-corrected chi connectivity index (χ3v) is 4.27. The average molecular weight is 346 g/mol. The zero-order valence-electron chi connectivity index (χ0n) is 15.5. The highest BCUT2D eigenvalue weighted by Crippen LogP contribution is 2.13. The van der Waals surface area contributed by atoms with Crippen LogP contribution in [0.1, 0.15) is 36.7 Å². The van der Waals surface area contributed by atoms with Crippen molar-refractivity contribution in [2.45, 2.75) is 27.3 Å². The van der Waals surface area contributed by atoms with Crippen LogP contribution in [0.3, 0.4) is 0 Å². The molecule has 0 bridgehead atoms. The van der Waals surface area contributed by atoms with E-state index in [2.05, 4.69) is 20.9 Å². The lowest BCUT2D eigenvalue weighted by Gasteiger charge is -2.27. The van der Waals surface area contributed by atoms with E-state index >= 15 is 0 Å². The van der Waals surface area contributed by atoms with Gasteiger partial charge in [0, 0.05) is 56.8 Å². The van der Waals surface area contributed by atoms with Gasteiger partial charge >= 0.3 is 0 Å². The number of nitrogens with one attached hydrogen (secondary N) is 3. The van der Waals surface area contributed by atoms with E-state index in [1.54, 1.807) is 12.1 Å². The number of amides is 2. The van der Waals surface area contributed by atoms with Crippen molar-refractivity contribution in [3.05, 3.63) is 35.4 Å². The van der Waals surface area contributed by atoms with Gasteiger partial charge in [-0.2, -0.15) is 0 Å². The van der Waals surface area contributed by atoms with Crippen molar-refractivity contribution < 1.29 is 9.59 Å². The van der Waals surface area contributed by atoms with Gasteiger partial charge in [-0.05, 0) is 17.7 Å².